The van der Waals surface area contributed by atoms with E-state index in [-0.39, 0.29) is 18.4 Å². The van der Waals surface area contributed by atoms with E-state index in [1.165, 1.54) is 18.2 Å². The van der Waals surface area contributed by atoms with Crippen LogP contribution in [-0.2, 0) is 4.74 Å². The number of esters is 1. The lowest BCUT2D eigenvalue weighted by Gasteiger charge is -2.35. The number of hydrogen-bond donors (Lipinski definition) is 0. The summed E-state index contributed by atoms with van der Waals surface area (Å²) in [6, 6.07) is 16.1. The highest BCUT2D eigenvalue weighted by molar-refractivity contribution is 5.90. The van der Waals surface area contributed by atoms with Gasteiger partial charge in [0.25, 0.3) is 0 Å². The molecule has 0 aromatic heterocycles. The minimum Gasteiger partial charge on any atom is -0.497 e. The number of carbonyl (C=O) groups is 1. The molecule has 30 heavy (non-hydrogen) atoms. The van der Waals surface area contributed by atoms with E-state index in [0.29, 0.717) is 17.4 Å². The van der Waals surface area contributed by atoms with Gasteiger partial charge in [0.15, 0.2) is 0 Å². The van der Waals surface area contributed by atoms with E-state index >= 15 is 0 Å². The van der Waals surface area contributed by atoms with E-state index < -0.39 is 0 Å². The predicted octanol–water partition coefficient (Wildman–Crippen LogP) is 5.43. The molecule has 0 unspecified atom stereocenters. The number of rotatable bonds is 6. The van der Waals surface area contributed by atoms with Crippen LogP contribution >= 0.6 is 12.4 Å². The molecule has 1 fully saturated rings. The van der Waals surface area contributed by atoms with Crippen LogP contribution < -0.4 is 4.74 Å². The van der Waals surface area contributed by atoms with Gasteiger partial charge in [-0.15, -0.1) is 12.4 Å². The van der Waals surface area contributed by atoms with Crippen LogP contribution in [0.5, 0.6) is 5.75 Å². The molecule has 2 aromatic rings. The Balaban J connectivity index is 0.00000320. The molecule has 3 rings (SSSR count). The van der Waals surface area contributed by atoms with E-state index in [2.05, 4.69) is 43.3 Å². The molecule has 4 nitrogen and oxygen atoms in total. The minimum atomic E-state index is -0.297. The van der Waals surface area contributed by atoms with Crippen molar-refractivity contribution in [3.05, 3.63) is 70.8 Å². The maximum Gasteiger partial charge on any atom is 0.337 e. The smallest absolute Gasteiger partial charge is 0.337 e. The van der Waals surface area contributed by atoms with Gasteiger partial charge in [0, 0.05) is 6.54 Å². The summed E-state index contributed by atoms with van der Waals surface area (Å²) in [6.07, 6.45) is 5.50. The second kappa shape index (κ2) is 11.2. The Hall–Kier alpha value is -2.30. The molecule has 1 aliphatic carbocycles. The lowest BCUT2D eigenvalue weighted by molar-refractivity contribution is 0.0600. The molecule has 0 saturated heterocycles. The third-order valence-corrected chi connectivity index (χ3v) is 5.69. The van der Waals surface area contributed by atoms with Crippen molar-refractivity contribution in [2.24, 2.45) is 5.92 Å². The van der Waals surface area contributed by atoms with Crippen molar-refractivity contribution in [1.82, 2.24) is 4.90 Å². The molecule has 0 aliphatic heterocycles. The quantitative estimate of drug-likeness (QED) is 0.573. The molecule has 0 radical (unpaired) electrons. The second-order valence-electron chi connectivity index (χ2n) is 8.07. The lowest BCUT2D eigenvalue weighted by Crippen LogP contribution is -2.29. The Morgan fingerprint density at radius 1 is 1.13 bits per heavy atom. The Morgan fingerprint density at radius 3 is 2.60 bits per heavy atom. The fraction of sp³-hybridized carbons (Fsp3) is 0.400. The molecular formula is C25H32ClNO3. The number of halogens is 1. The Kier molecular flexibility index (Phi) is 8.94. The molecular weight excluding hydrogens is 398 g/mol. The number of nitrogens with zero attached hydrogens (tertiary/aromatic N) is 1. The van der Waals surface area contributed by atoms with Crippen molar-refractivity contribution in [3.63, 3.8) is 0 Å². The van der Waals surface area contributed by atoms with Gasteiger partial charge in [-0.25, -0.2) is 4.79 Å². The van der Waals surface area contributed by atoms with Crippen LogP contribution in [0.15, 0.2) is 54.1 Å². The summed E-state index contributed by atoms with van der Waals surface area (Å²) in [7, 11) is 7.42. The number of methoxy groups -OCH3 is 2. The van der Waals surface area contributed by atoms with Crippen molar-refractivity contribution in [2.75, 3.05) is 34.9 Å². The summed E-state index contributed by atoms with van der Waals surface area (Å²) >= 11 is 0. The molecule has 5 heteroatoms. The number of ether oxygens (including phenoxy) is 2. The van der Waals surface area contributed by atoms with Gasteiger partial charge in [-0.2, -0.15) is 0 Å². The zero-order valence-corrected chi connectivity index (χ0v) is 19.1. The minimum absolute atomic E-state index is 0. The van der Waals surface area contributed by atoms with E-state index in [1.807, 2.05) is 24.3 Å². The fourth-order valence-corrected chi connectivity index (χ4v) is 4.31. The van der Waals surface area contributed by atoms with E-state index in [1.54, 1.807) is 13.2 Å². The molecule has 0 spiro atoms. The lowest BCUT2D eigenvalue weighted by atomic mass is 9.73. The van der Waals surface area contributed by atoms with E-state index in [9.17, 15) is 4.79 Å². The van der Waals surface area contributed by atoms with Crippen LogP contribution in [0.1, 0.15) is 46.7 Å². The highest BCUT2D eigenvalue weighted by Gasteiger charge is 2.29. The number of hydrogen-bond acceptors (Lipinski definition) is 4. The molecule has 1 aliphatic rings. The van der Waals surface area contributed by atoms with Gasteiger partial charge < -0.3 is 14.4 Å². The van der Waals surface area contributed by atoms with Crippen molar-refractivity contribution in [3.8, 4) is 5.75 Å². The predicted molar refractivity (Wildman–Crippen MR) is 125 cm³/mol. The maximum atomic E-state index is 11.8. The van der Waals surface area contributed by atoms with Crippen molar-refractivity contribution in [2.45, 2.75) is 25.2 Å². The standard InChI is InChI=1S/C25H31NO3.ClH/c1-26(2)17-22-12-11-19(13-18-7-5-9-21(14-18)25(27)29-4)15-24(22)20-8-6-10-23(16-20)28-3;/h5-10,13-14,16,22,24H,11-12,15,17H2,1-4H3;1H/b19-13+;/t22-,24+;/m0./s1. The summed E-state index contributed by atoms with van der Waals surface area (Å²) in [5.74, 6) is 1.68. The van der Waals surface area contributed by atoms with Gasteiger partial charge in [-0.1, -0.05) is 35.9 Å². The van der Waals surface area contributed by atoms with Gasteiger partial charge in [0.1, 0.15) is 5.75 Å². The Morgan fingerprint density at radius 2 is 1.90 bits per heavy atom. The zero-order valence-electron chi connectivity index (χ0n) is 18.3. The second-order valence-corrected chi connectivity index (χ2v) is 8.07. The van der Waals surface area contributed by atoms with Gasteiger partial charge in [-0.05, 0) is 80.6 Å². The fourth-order valence-electron chi connectivity index (χ4n) is 4.31. The van der Waals surface area contributed by atoms with Crippen LogP contribution in [0.25, 0.3) is 6.08 Å². The molecule has 2 aromatic carbocycles. The molecule has 0 heterocycles. The number of carbonyl (C=O) groups excluding carboxylic acids is 1. The van der Waals surface area contributed by atoms with Gasteiger partial charge >= 0.3 is 5.97 Å². The highest BCUT2D eigenvalue weighted by Crippen LogP contribution is 2.42. The van der Waals surface area contributed by atoms with Crippen LogP contribution in [0.2, 0.25) is 0 Å². The first-order valence-corrected chi connectivity index (χ1v) is 10.2. The summed E-state index contributed by atoms with van der Waals surface area (Å²) in [4.78, 5) is 14.1. The van der Waals surface area contributed by atoms with Crippen LogP contribution in [0.3, 0.4) is 0 Å². The van der Waals surface area contributed by atoms with E-state index in [4.69, 9.17) is 9.47 Å². The topological polar surface area (TPSA) is 38.8 Å². The van der Waals surface area contributed by atoms with Crippen LogP contribution in [0.4, 0.5) is 0 Å². The Labute approximate surface area is 186 Å². The molecule has 2 atom stereocenters. The summed E-state index contributed by atoms with van der Waals surface area (Å²) < 4.78 is 10.3. The first-order valence-electron chi connectivity index (χ1n) is 10.2. The normalized spacial score (nSPS) is 20.0. The number of allylic oxidation sites excluding steroid dienone is 1. The maximum absolute atomic E-state index is 11.8. The Bertz CT molecular complexity index is 878. The number of benzene rings is 2. The van der Waals surface area contributed by atoms with Gasteiger partial charge in [0.05, 0.1) is 19.8 Å². The van der Waals surface area contributed by atoms with Gasteiger partial charge in [-0.3, -0.25) is 0 Å². The van der Waals surface area contributed by atoms with Crippen molar-refractivity contribution in [1.29, 1.82) is 0 Å². The molecule has 1 saturated carbocycles. The average Bonchev–Trinajstić information content (AvgIpc) is 2.74. The molecule has 0 N–H and O–H groups in total. The van der Waals surface area contributed by atoms with Gasteiger partial charge in [0.2, 0.25) is 0 Å². The SMILES string of the molecule is COC(=O)c1cccc(/C=C2\CC[C@@H](CN(C)C)[C@@H](c3cccc(OC)c3)C2)c1.Cl. The summed E-state index contributed by atoms with van der Waals surface area (Å²) in [6.45, 7) is 1.08. The van der Waals surface area contributed by atoms with E-state index in [0.717, 1.165) is 37.1 Å². The molecule has 0 bridgehead atoms. The van der Waals surface area contributed by atoms with Crippen molar-refractivity contribution < 1.29 is 14.3 Å². The first-order chi connectivity index (χ1) is 14.0. The molecule has 162 valence electrons. The average molecular weight is 430 g/mol. The zero-order chi connectivity index (χ0) is 20.8. The monoisotopic (exact) mass is 429 g/mol. The highest BCUT2D eigenvalue weighted by atomic mass is 35.5. The van der Waals surface area contributed by atoms with Crippen molar-refractivity contribution >= 4 is 24.5 Å². The summed E-state index contributed by atoms with van der Waals surface area (Å²) in [5, 5.41) is 0. The first kappa shape index (κ1) is 24.0. The van der Waals surface area contributed by atoms with Crippen LogP contribution in [-0.4, -0.2) is 45.7 Å². The van der Waals surface area contributed by atoms with Crippen LogP contribution in [0, 0.1) is 5.92 Å². The summed E-state index contributed by atoms with van der Waals surface area (Å²) in [5.41, 5.74) is 4.41. The third-order valence-electron chi connectivity index (χ3n) is 5.69. The largest absolute Gasteiger partial charge is 0.497 e. The molecule has 0 amide bonds. The third kappa shape index (κ3) is 6.10.